The number of rotatable bonds is 7. The maximum Gasteiger partial charge on any atom is 0.313 e. The number of nitrogens with zero attached hydrogens (tertiary/aromatic N) is 2. The number of amides is 2. The molecule has 0 N–H and O–H groups in total. The molecule has 9 heteroatoms. The number of carbonyl (C=O) groups is 2. The first kappa shape index (κ1) is 23.2. The predicted molar refractivity (Wildman–Crippen MR) is 136 cm³/mol. The zero-order valence-corrected chi connectivity index (χ0v) is 20.2. The molecule has 1 aliphatic heterocycles. The number of nitro benzene ring substituents is 1. The largest absolute Gasteiger partial charge is 0.489 e. The fraction of sp³-hybridized carbons (Fsp3) is 0.214. The molecule has 8 nitrogen and oxygen atoms in total. The van der Waals surface area contributed by atoms with Gasteiger partial charge in [0.25, 0.3) is 0 Å². The van der Waals surface area contributed by atoms with Gasteiger partial charge in [0.05, 0.1) is 27.5 Å². The van der Waals surface area contributed by atoms with Crippen molar-refractivity contribution in [3.05, 3.63) is 99.6 Å². The number of hydrogen-bond donors (Lipinski definition) is 0. The van der Waals surface area contributed by atoms with E-state index in [4.69, 9.17) is 21.1 Å². The number of allylic oxidation sites excluding steroid dienone is 2. The quantitative estimate of drug-likeness (QED) is 0.167. The normalized spacial score (nSPS) is 23.4. The molecule has 2 aliphatic carbocycles. The van der Waals surface area contributed by atoms with Crippen LogP contribution >= 0.6 is 11.6 Å². The van der Waals surface area contributed by atoms with Crippen LogP contribution in [0, 0.1) is 33.8 Å². The third kappa shape index (κ3) is 4.03. The molecule has 2 bridgehead atoms. The second-order valence-electron chi connectivity index (χ2n) is 9.39. The van der Waals surface area contributed by atoms with Gasteiger partial charge in [0, 0.05) is 6.07 Å². The van der Waals surface area contributed by atoms with Gasteiger partial charge in [-0.15, -0.1) is 0 Å². The van der Waals surface area contributed by atoms with E-state index in [1.165, 1.54) is 23.1 Å². The minimum absolute atomic E-state index is 0.0132. The number of hydrogen-bond acceptors (Lipinski definition) is 6. The molecule has 186 valence electrons. The number of carbonyl (C=O) groups excluding carboxylic acids is 2. The van der Waals surface area contributed by atoms with Gasteiger partial charge in [-0.05, 0) is 66.3 Å². The maximum absolute atomic E-state index is 13.0. The molecular weight excluding hydrogens is 496 g/mol. The lowest BCUT2D eigenvalue weighted by molar-refractivity contribution is -0.385. The lowest BCUT2D eigenvalue weighted by atomic mass is 9.85. The van der Waals surface area contributed by atoms with Gasteiger partial charge in [-0.1, -0.05) is 42.0 Å². The van der Waals surface area contributed by atoms with Crippen LogP contribution < -0.4 is 14.4 Å². The third-order valence-corrected chi connectivity index (χ3v) is 7.55. The van der Waals surface area contributed by atoms with E-state index in [-0.39, 0.29) is 58.6 Å². The number of anilines is 1. The Morgan fingerprint density at radius 3 is 2.14 bits per heavy atom. The molecule has 37 heavy (non-hydrogen) atoms. The molecule has 0 aromatic heterocycles. The lowest BCUT2D eigenvalue weighted by Crippen LogP contribution is -2.32. The zero-order valence-electron chi connectivity index (χ0n) is 19.5. The number of imide groups is 1. The first-order valence-electron chi connectivity index (χ1n) is 11.9. The van der Waals surface area contributed by atoms with Crippen molar-refractivity contribution in [1.29, 1.82) is 0 Å². The van der Waals surface area contributed by atoms with Gasteiger partial charge in [-0.25, -0.2) is 0 Å². The van der Waals surface area contributed by atoms with Crippen molar-refractivity contribution in [2.75, 3.05) is 4.90 Å². The molecule has 0 spiro atoms. The van der Waals surface area contributed by atoms with Crippen molar-refractivity contribution in [3.63, 3.8) is 0 Å². The van der Waals surface area contributed by atoms with E-state index in [1.807, 2.05) is 0 Å². The Bertz CT molecular complexity index is 1410. The minimum atomic E-state index is -0.545. The monoisotopic (exact) mass is 516 g/mol. The van der Waals surface area contributed by atoms with Crippen molar-refractivity contribution in [1.82, 2.24) is 0 Å². The average Bonchev–Trinajstić information content (AvgIpc) is 3.58. The highest BCUT2D eigenvalue weighted by Gasteiger charge is 2.59. The average molecular weight is 517 g/mol. The fourth-order valence-corrected chi connectivity index (χ4v) is 5.74. The van der Waals surface area contributed by atoms with Gasteiger partial charge in [-0.3, -0.25) is 24.6 Å². The van der Waals surface area contributed by atoms with Crippen LogP contribution in [0.25, 0.3) is 0 Å². The van der Waals surface area contributed by atoms with Gasteiger partial charge < -0.3 is 9.47 Å². The van der Waals surface area contributed by atoms with Gasteiger partial charge in [0.1, 0.15) is 18.1 Å². The third-order valence-electron chi connectivity index (χ3n) is 7.26. The first-order chi connectivity index (χ1) is 17.9. The number of halogens is 1. The number of fused-ring (bicyclic) bond motifs is 5. The highest BCUT2D eigenvalue weighted by molar-refractivity contribution is 6.32. The number of nitro groups is 1. The van der Waals surface area contributed by atoms with E-state index in [9.17, 15) is 19.7 Å². The summed E-state index contributed by atoms with van der Waals surface area (Å²) in [5.41, 5.74) is 1.20. The highest BCUT2D eigenvalue weighted by Crippen LogP contribution is 2.53. The van der Waals surface area contributed by atoms with Crippen molar-refractivity contribution >= 4 is 34.8 Å². The van der Waals surface area contributed by atoms with E-state index in [2.05, 4.69) is 12.2 Å². The molecule has 0 radical (unpaired) electrons. The maximum atomic E-state index is 13.0. The Hall–Kier alpha value is -4.17. The summed E-state index contributed by atoms with van der Waals surface area (Å²) in [4.78, 5) is 38.0. The Kier molecular flexibility index (Phi) is 5.68. The summed E-state index contributed by atoms with van der Waals surface area (Å²) in [6.45, 7) is 0.270. The van der Waals surface area contributed by atoms with Crippen LogP contribution in [0.3, 0.4) is 0 Å². The van der Waals surface area contributed by atoms with Crippen LogP contribution in [0.2, 0.25) is 5.02 Å². The molecule has 2 amide bonds. The van der Waals surface area contributed by atoms with Gasteiger partial charge in [0.15, 0.2) is 0 Å². The van der Waals surface area contributed by atoms with E-state index >= 15 is 0 Å². The SMILES string of the molecule is O=C1[C@H]2[C@H](C(=O)N1c1ccc(OCc3ccc(Oc4c(Cl)cccc4[N+](=O)[O-])cc3)cc1)[C@H]1C=C[C@H]2C1. The minimum Gasteiger partial charge on any atom is -0.489 e. The Balaban J connectivity index is 1.09. The molecule has 1 heterocycles. The van der Waals surface area contributed by atoms with Crippen LogP contribution in [0.15, 0.2) is 78.9 Å². The molecular formula is C28H21ClN2O6. The lowest BCUT2D eigenvalue weighted by Gasteiger charge is -2.17. The summed E-state index contributed by atoms with van der Waals surface area (Å²) in [5, 5.41) is 11.4. The summed E-state index contributed by atoms with van der Waals surface area (Å²) < 4.78 is 11.5. The molecule has 6 rings (SSSR count). The second-order valence-corrected chi connectivity index (χ2v) is 9.79. The number of ether oxygens (including phenoxy) is 2. The van der Waals surface area contributed by atoms with Gasteiger partial charge >= 0.3 is 5.69 Å². The van der Waals surface area contributed by atoms with E-state index < -0.39 is 4.92 Å². The van der Waals surface area contributed by atoms with E-state index in [0.29, 0.717) is 17.2 Å². The summed E-state index contributed by atoms with van der Waals surface area (Å²) in [6.07, 6.45) is 5.06. The molecule has 1 saturated carbocycles. The summed E-state index contributed by atoms with van der Waals surface area (Å²) in [5.74, 6) is 0.667. The summed E-state index contributed by atoms with van der Waals surface area (Å²) in [7, 11) is 0. The number of benzene rings is 3. The Morgan fingerprint density at radius 2 is 1.51 bits per heavy atom. The highest BCUT2D eigenvalue weighted by atomic mass is 35.5. The first-order valence-corrected chi connectivity index (χ1v) is 12.3. The Morgan fingerprint density at radius 1 is 0.892 bits per heavy atom. The van der Waals surface area contributed by atoms with Crippen molar-refractivity contribution < 1.29 is 24.0 Å². The molecule has 3 aromatic carbocycles. The zero-order chi connectivity index (χ0) is 25.7. The van der Waals surface area contributed by atoms with Crippen molar-refractivity contribution in [3.8, 4) is 17.2 Å². The molecule has 4 atom stereocenters. The standard InChI is InChI=1S/C28H21ClN2O6/c29-22-2-1-3-23(31(34)35)26(22)37-21-10-4-16(5-11-21)15-36-20-12-8-19(9-13-20)30-27(32)24-17-6-7-18(14-17)25(24)28(30)33/h1-13,17-18,24-25H,14-15H2/t17-,18-,24+,25+/m0/s1. The summed E-state index contributed by atoms with van der Waals surface area (Å²) >= 11 is 6.09. The van der Waals surface area contributed by atoms with E-state index in [0.717, 1.165) is 12.0 Å². The van der Waals surface area contributed by atoms with Crippen LogP contribution in [-0.4, -0.2) is 16.7 Å². The number of para-hydroxylation sites is 1. The Labute approximate surface area is 217 Å². The summed E-state index contributed by atoms with van der Waals surface area (Å²) in [6, 6.07) is 18.2. The molecule has 2 fully saturated rings. The second kappa shape index (κ2) is 9.05. The topological polar surface area (TPSA) is 99.0 Å². The molecule has 3 aliphatic rings. The van der Waals surface area contributed by atoms with Crippen molar-refractivity contribution in [2.24, 2.45) is 23.7 Å². The van der Waals surface area contributed by atoms with Gasteiger partial charge in [-0.2, -0.15) is 0 Å². The van der Waals surface area contributed by atoms with Crippen molar-refractivity contribution in [2.45, 2.75) is 13.0 Å². The molecule has 3 aromatic rings. The fourth-order valence-electron chi connectivity index (χ4n) is 5.53. The van der Waals surface area contributed by atoms with Gasteiger partial charge in [0.2, 0.25) is 17.6 Å². The predicted octanol–water partition coefficient (Wildman–Crippen LogP) is 5.93. The molecule has 1 saturated heterocycles. The molecule has 0 unspecified atom stereocenters. The van der Waals surface area contributed by atoms with Crippen LogP contribution in [0.5, 0.6) is 17.2 Å². The van der Waals surface area contributed by atoms with Crippen LogP contribution in [0.1, 0.15) is 12.0 Å². The van der Waals surface area contributed by atoms with E-state index in [1.54, 1.807) is 48.5 Å². The van der Waals surface area contributed by atoms with Crippen LogP contribution in [-0.2, 0) is 16.2 Å². The smallest absolute Gasteiger partial charge is 0.313 e. The van der Waals surface area contributed by atoms with Crippen LogP contribution in [0.4, 0.5) is 11.4 Å².